The Balaban J connectivity index is 6.14. The van der Waals surface area contributed by atoms with E-state index >= 15 is 0 Å². The summed E-state index contributed by atoms with van der Waals surface area (Å²) in [7, 11) is 0. The molecule has 44 heavy (non-hydrogen) atoms. The average Bonchev–Trinajstić information content (AvgIpc) is 3.03. The van der Waals surface area contributed by atoms with Crippen LogP contribution >= 0.6 is 13.7 Å². The van der Waals surface area contributed by atoms with Crippen molar-refractivity contribution < 1.29 is 18.6 Å². The maximum absolute atomic E-state index is 13.9. The molecule has 0 aliphatic carbocycles. The molecule has 0 saturated heterocycles. The van der Waals surface area contributed by atoms with Crippen LogP contribution in [-0.4, -0.2) is 67.3 Å². The molecule has 0 unspecified atom stereocenters. The van der Waals surface area contributed by atoms with E-state index in [1.165, 1.54) is 0 Å². The third kappa shape index (κ3) is 14.7. The molecule has 0 radical (unpaired) electrons. The van der Waals surface area contributed by atoms with E-state index in [4.69, 9.17) is 14.8 Å². The van der Waals surface area contributed by atoms with E-state index in [0.717, 1.165) is 152 Å². The molecule has 0 aromatic heterocycles. The molecule has 0 aromatic rings. The van der Waals surface area contributed by atoms with Crippen molar-refractivity contribution in [3.05, 3.63) is 0 Å². The fourth-order valence-corrected chi connectivity index (χ4v) is 20.9. The van der Waals surface area contributed by atoms with Gasteiger partial charge in [-0.05, 0) is 0 Å². The number of hydrogen-bond acceptors (Lipinski definition) is 5. The SMILES string of the molecule is CCCCP(CCCC)(CCCC)(CCCC)OC(=O)CC[C@H](N)C(=O)OP(CCCC)(CCCC)(CCCC)CCCC. The van der Waals surface area contributed by atoms with E-state index in [-0.39, 0.29) is 18.4 Å². The summed E-state index contributed by atoms with van der Waals surface area (Å²) in [6.07, 6.45) is 26.6. The van der Waals surface area contributed by atoms with Crippen LogP contribution in [0.25, 0.3) is 0 Å². The average molecular weight is 664 g/mol. The summed E-state index contributed by atoms with van der Waals surface area (Å²) in [5.41, 5.74) is 6.61. The van der Waals surface area contributed by atoms with Crippen molar-refractivity contribution in [2.45, 2.75) is 177 Å². The zero-order valence-corrected chi connectivity index (χ0v) is 32.9. The minimum atomic E-state index is -2.77. The first-order chi connectivity index (χ1) is 21.0. The van der Waals surface area contributed by atoms with Gasteiger partial charge in [0.2, 0.25) is 0 Å². The Morgan fingerprint density at radius 3 is 0.977 bits per heavy atom. The number of carbonyl (C=O) groups excluding carboxylic acids is 2. The summed E-state index contributed by atoms with van der Waals surface area (Å²) in [4.78, 5) is 27.7. The molecule has 1 atom stereocenters. The summed E-state index contributed by atoms with van der Waals surface area (Å²) in [5, 5.41) is 0. The molecule has 0 fully saturated rings. The van der Waals surface area contributed by atoms with E-state index in [9.17, 15) is 9.59 Å². The van der Waals surface area contributed by atoms with Gasteiger partial charge in [0, 0.05) is 0 Å². The number of hydrogen-bond donors (Lipinski definition) is 1. The number of unbranched alkanes of at least 4 members (excludes halogenated alkanes) is 8. The van der Waals surface area contributed by atoms with Crippen LogP contribution < -0.4 is 5.73 Å². The molecule has 0 saturated carbocycles. The summed E-state index contributed by atoms with van der Waals surface area (Å²) >= 11 is 0. The van der Waals surface area contributed by atoms with Crippen molar-refractivity contribution in [1.29, 1.82) is 0 Å². The first-order valence-corrected chi connectivity index (χ1v) is 25.0. The van der Waals surface area contributed by atoms with Gasteiger partial charge < -0.3 is 0 Å². The third-order valence-electron chi connectivity index (χ3n) is 10.3. The molecule has 0 heterocycles. The second kappa shape index (κ2) is 23.1. The van der Waals surface area contributed by atoms with Crippen molar-refractivity contribution >= 4 is 25.6 Å². The van der Waals surface area contributed by atoms with Gasteiger partial charge >= 0.3 is 276 Å². The van der Waals surface area contributed by atoms with E-state index in [1.807, 2.05) is 0 Å². The quantitative estimate of drug-likeness (QED) is 0.0774. The van der Waals surface area contributed by atoms with Gasteiger partial charge in [-0.3, -0.25) is 0 Å². The molecule has 0 spiro atoms. The van der Waals surface area contributed by atoms with Crippen LogP contribution in [0, 0.1) is 0 Å². The Kier molecular flexibility index (Phi) is 23.0. The predicted octanol–water partition coefficient (Wildman–Crippen LogP) is 11.5. The first-order valence-electron chi connectivity index (χ1n) is 19.3. The molecule has 0 aromatic carbocycles. The maximum atomic E-state index is 13.9. The topological polar surface area (TPSA) is 78.6 Å². The molecule has 5 nitrogen and oxygen atoms in total. The molecular weight excluding hydrogens is 584 g/mol. The first kappa shape index (κ1) is 43.8. The van der Waals surface area contributed by atoms with E-state index in [1.54, 1.807) is 0 Å². The Labute approximate surface area is 275 Å². The third-order valence-corrected chi connectivity index (χ3v) is 23.3. The van der Waals surface area contributed by atoms with Gasteiger partial charge in [-0.15, -0.1) is 0 Å². The standard InChI is InChI=1S/C37H79NO4P2/c1-9-17-27-43(28-18-10-2,29-19-11-3,30-20-12-4)41-36(39)26-25-35(38)37(40)42-44(31-21-13-5,32-22-14-6,33-23-15-7)34-24-16-8/h35H,9-34,38H2,1-8H3/t35-/m0/s1. The van der Waals surface area contributed by atoms with E-state index < -0.39 is 19.7 Å². The van der Waals surface area contributed by atoms with Crippen LogP contribution in [0.5, 0.6) is 0 Å². The van der Waals surface area contributed by atoms with Gasteiger partial charge in [0.1, 0.15) is 0 Å². The molecule has 0 aliphatic rings. The predicted molar refractivity (Wildman–Crippen MR) is 201 cm³/mol. The Hall–Kier alpha value is -0.240. The van der Waals surface area contributed by atoms with Crippen LogP contribution in [0.4, 0.5) is 0 Å². The fraction of sp³-hybridized carbons (Fsp3) is 0.946. The minimum absolute atomic E-state index is 0.128. The Morgan fingerprint density at radius 1 is 0.477 bits per heavy atom. The van der Waals surface area contributed by atoms with Crippen molar-refractivity contribution in [2.75, 3.05) is 49.3 Å². The summed E-state index contributed by atoms with van der Waals surface area (Å²) in [6.45, 7) is 12.5. The molecule has 266 valence electrons. The van der Waals surface area contributed by atoms with E-state index in [0.29, 0.717) is 6.42 Å². The van der Waals surface area contributed by atoms with Gasteiger partial charge in [0.25, 0.3) is 0 Å². The zero-order chi connectivity index (χ0) is 33.4. The fourth-order valence-electron chi connectivity index (χ4n) is 7.22. The molecule has 0 aliphatic heterocycles. The van der Waals surface area contributed by atoms with Crippen molar-refractivity contribution in [2.24, 2.45) is 5.73 Å². The van der Waals surface area contributed by atoms with Gasteiger partial charge in [-0.25, -0.2) is 0 Å². The van der Waals surface area contributed by atoms with Crippen LogP contribution in [0.2, 0.25) is 0 Å². The normalized spacial score (nSPS) is 14.8. The van der Waals surface area contributed by atoms with Gasteiger partial charge in [0.15, 0.2) is 0 Å². The molecule has 0 amide bonds. The van der Waals surface area contributed by atoms with Gasteiger partial charge in [-0.1, -0.05) is 0 Å². The zero-order valence-electron chi connectivity index (χ0n) is 31.1. The molecule has 7 heteroatoms. The van der Waals surface area contributed by atoms with Crippen LogP contribution in [0.3, 0.4) is 0 Å². The summed E-state index contributed by atoms with van der Waals surface area (Å²) < 4.78 is 13.8. The molecule has 2 N–H and O–H groups in total. The second-order valence-electron chi connectivity index (χ2n) is 14.4. The number of carbonyl (C=O) groups is 2. The second-order valence-corrected chi connectivity index (χ2v) is 25.7. The van der Waals surface area contributed by atoms with E-state index in [2.05, 4.69) is 55.4 Å². The molecular formula is C37H79NO4P2. The molecule has 0 rings (SSSR count). The van der Waals surface area contributed by atoms with Gasteiger partial charge in [0.05, 0.1) is 0 Å². The van der Waals surface area contributed by atoms with Crippen LogP contribution in [0.1, 0.15) is 171 Å². The summed E-state index contributed by atoms with van der Waals surface area (Å²) in [5.74, 6) is -0.391. The van der Waals surface area contributed by atoms with Crippen LogP contribution in [-0.2, 0) is 18.6 Å². The summed E-state index contributed by atoms with van der Waals surface area (Å²) in [6, 6.07) is -0.779. The Bertz CT molecular complexity index is 688. The molecule has 0 bridgehead atoms. The van der Waals surface area contributed by atoms with Crippen LogP contribution in [0.15, 0.2) is 0 Å². The monoisotopic (exact) mass is 664 g/mol. The Morgan fingerprint density at radius 2 is 0.727 bits per heavy atom. The number of nitrogens with two attached hydrogens (primary N) is 1. The van der Waals surface area contributed by atoms with Gasteiger partial charge in [-0.2, -0.15) is 0 Å². The van der Waals surface area contributed by atoms with Crippen molar-refractivity contribution in [1.82, 2.24) is 0 Å². The van der Waals surface area contributed by atoms with Crippen molar-refractivity contribution in [3.63, 3.8) is 0 Å². The number of rotatable bonds is 30. The van der Waals surface area contributed by atoms with Crippen molar-refractivity contribution in [3.8, 4) is 0 Å².